The molecule has 0 saturated carbocycles. The number of carbonyl (C=O) groups excluding carboxylic acids is 2. The molecular formula is C19H22N2O4. The smallest absolute Gasteiger partial charge is 0.254 e. The number of nitrogens with zero attached hydrogens (tertiary/aromatic N) is 1. The summed E-state index contributed by atoms with van der Waals surface area (Å²) in [7, 11) is 3.17. The van der Waals surface area contributed by atoms with E-state index in [0.717, 1.165) is 0 Å². The minimum atomic E-state index is -0.271. The Morgan fingerprint density at radius 2 is 1.60 bits per heavy atom. The lowest BCUT2D eigenvalue weighted by Gasteiger charge is -2.17. The van der Waals surface area contributed by atoms with Crippen molar-refractivity contribution in [3.63, 3.8) is 0 Å². The summed E-state index contributed by atoms with van der Waals surface area (Å²) >= 11 is 0. The van der Waals surface area contributed by atoms with Gasteiger partial charge in [0.2, 0.25) is 5.91 Å². The molecule has 2 amide bonds. The van der Waals surface area contributed by atoms with Gasteiger partial charge in [-0.3, -0.25) is 9.59 Å². The lowest BCUT2D eigenvalue weighted by molar-refractivity contribution is -0.116. The van der Waals surface area contributed by atoms with Crippen molar-refractivity contribution in [3.8, 4) is 11.5 Å². The van der Waals surface area contributed by atoms with E-state index in [2.05, 4.69) is 5.32 Å². The Kier molecular flexibility index (Phi) is 6.39. The van der Waals surface area contributed by atoms with E-state index in [1.807, 2.05) is 6.92 Å². The summed E-state index contributed by atoms with van der Waals surface area (Å²) in [6.45, 7) is 2.42. The number of carbonyl (C=O) groups is 2. The van der Waals surface area contributed by atoms with Crippen molar-refractivity contribution in [1.29, 1.82) is 0 Å². The molecule has 6 heteroatoms. The molecule has 0 atom stereocenters. The quantitative estimate of drug-likeness (QED) is 0.840. The van der Waals surface area contributed by atoms with Crippen LogP contribution in [0.4, 0.5) is 5.69 Å². The highest BCUT2D eigenvalue weighted by Crippen LogP contribution is 2.15. The number of nitrogens with one attached hydrogen (secondary N) is 1. The van der Waals surface area contributed by atoms with Crippen LogP contribution in [0.25, 0.3) is 0 Å². The topological polar surface area (TPSA) is 67.9 Å². The molecule has 1 N–H and O–H groups in total. The monoisotopic (exact) mass is 342 g/mol. The van der Waals surface area contributed by atoms with Crippen LogP contribution in [-0.4, -0.2) is 44.0 Å². The molecule has 2 aromatic carbocycles. The minimum absolute atomic E-state index is 0.0436. The second kappa shape index (κ2) is 8.73. The number of methoxy groups -OCH3 is 1. The van der Waals surface area contributed by atoms with E-state index in [9.17, 15) is 9.59 Å². The fourth-order valence-electron chi connectivity index (χ4n) is 2.24. The second-order valence-corrected chi connectivity index (χ2v) is 5.40. The van der Waals surface area contributed by atoms with Crippen LogP contribution < -0.4 is 14.8 Å². The van der Waals surface area contributed by atoms with Crippen LogP contribution >= 0.6 is 0 Å². The van der Waals surface area contributed by atoms with E-state index >= 15 is 0 Å². The van der Waals surface area contributed by atoms with Gasteiger partial charge in [-0.15, -0.1) is 0 Å². The molecule has 6 nitrogen and oxygen atoms in total. The van der Waals surface area contributed by atoms with Gasteiger partial charge in [0.1, 0.15) is 11.5 Å². The average molecular weight is 342 g/mol. The number of hydrogen-bond acceptors (Lipinski definition) is 4. The molecule has 0 aliphatic heterocycles. The van der Waals surface area contributed by atoms with Gasteiger partial charge in [0.25, 0.3) is 5.91 Å². The van der Waals surface area contributed by atoms with Crippen LogP contribution in [0.5, 0.6) is 11.5 Å². The standard InChI is InChI=1S/C19H22N2O4/c1-4-25-17-9-5-14(6-10-17)19(23)21(2)13-18(22)20-15-7-11-16(24-3)12-8-15/h5-12H,4,13H2,1-3H3,(H,20,22). The van der Waals surface area contributed by atoms with Crippen molar-refractivity contribution >= 4 is 17.5 Å². The zero-order valence-corrected chi connectivity index (χ0v) is 14.6. The van der Waals surface area contributed by atoms with E-state index in [1.54, 1.807) is 62.7 Å². The van der Waals surface area contributed by atoms with Crippen LogP contribution in [0.3, 0.4) is 0 Å². The lowest BCUT2D eigenvalue weighted by atomic mass is 10.2. The Balaban J connectivity index is 1.91. The van der Waals surface area contributed by atoms with Crippen LogP contribution in [0, 0.1) is 0 Å². The summed E-state index contributed by atoms with van der Waals surface area (Å²) < 4.78 is 10.4. The van der Waals surface area contributed by atoms with Crippen molar-refractivity contribution in [2.45, 2.75) is 6.92 Å². The highest BCUT2D eigenvalue weighted by molar-refractivity contribution is 5.99. The number of hydrogen-bond donors (Lipinski definition) is 1. The third-order valence-electron chi connectivity index (χ3n) is 3.51. The number of benzene rings is 2. The number of likely N-dealkylation sites (N-methyl/N-ethyl adjacent to an activating group) is 1. The summed E-state index contributed by atoms with van der Waals surface area (Å²) in [4.78, 5) is 25.8. The number of anilines is 1. The van der Waals surface area contributed by atoms with Gasteiger partial charge >= 0.3 is 0 Å². The van der Waals surface area contributed by atoms with Gasteiger partial charge in [0.05, 0.1) is 20.3 Å². The van der Waals surface area contributed by atoms with E-state index in [-0.39, 0.29) is 18.4 Å². The van der Waals surface area contributed by atoms with Crippen molar-refractivity contribution in [2.75, 3.05) is 32.6 Å². The molecule has 0 aliphatic carbocycles. The van der Waals surface area contributed by atoms with Crippen LogP contribution in [0.1, 0.15) is 17.3 Å². The molecular weight excluding hydrogens is 320 g/mol. The van der Waals surface area contributed by atoms with Crippen LogP contribution in [-0.2, 0) is 4.79 Å². The Morgan fingerprint density at radius 3 is 2.16 bits per heavy atom. The molecule has 2 aromatic rings. The van der Waals surface area contributed by atoms with E-state index < -0.39 is 0 Å². The molecule has 0 saturated heterocycles. The maximum atomic E-state index is 12.4. The third kappa shape index (κ3) is 5.24. The summed E-state index contributed by atoms with van der Waals surface area (Å²) in [6, 6.07) is 13.8. The molecule has 0 radical (unpaired) electrons. The Hall–Kier alpha value is -3.02. The molecule has 0 heterocycles. The highest BCUT2D eigenvalue weighted by Gasteiger charge is 2.15. The van der Waals surface area contributed by atoms with Crippen molar-refractivity contribution in [3.05, 3.63) is 54.1 Å². The molecule has 0 aromatic heterocycles. The third-order valence-corrected chi connectivity index (χ3v) is 3.51. The Labute approximate surface area is 147 Å². The maximum absolute atomic E-state index is 12.4. The summed E-state index contributed by atoms with van der Waals surface area (Å²) in [6.07, 6.45) is 0. The first-order chi connectivity index (χ1) is 12.0. The van der Waals surface area contributed by atoms with Gasteiger partial charge in [-0.25, -0.2) is 0 Å². The first-order valence-electron chi connectivity index (χ1n) is 7.95. The van der Waals surface area contributed by atoms with Gasteiger partial charge in [-0.2, -0.15) is 0 Å². The Morgan fingerprint density at radius 1 is 1.00 bits per heavy atom. The fourth-order valence-corrected chi connectivity index (χ4v) is 2.24. The largest absolute Gasteiger partial charge is 0.497 e. The first-order valence-corrected chi connectivity index (χ1v) is 7.95. The van der Waals surface area contributed by atoms with Crippen LogP contribution in [0.15, 0.2) is 48.5 Å². The molecule has 132 valence electrons. The zero-order valence-electron chi connectivity index (χ0n) is 14.6. The molecule has 0 spiro atoms. The van der Waals surface area contributed by atoms with Gasteiger partial charge in [0.15, 0.2) is 0 Å². The second-order valence-electron chi connectivity index (χ2n) is 5.40. The predicted octanol–water partition coefficient (Wildman–Crippen LogP) is 2.80. The van der Waals surface area contributed by atoms with Gasteiger partial charge in [-0.1, -0.05) is 0 Å². The van der Waals surface area contributed by atoms with Crippen molar-refractivity contribution < 1.29 is 19.1 Å². The van der Waals surface area contributed by atoms with Crippen molar-refractivity contribution in [2.24, 2.45) is 0 Å². The summed E-state index contributed by atoms with van der Waals surface area (Å²) in [5, 5.41) is 2.75. The SMILES string of the molecule is CCOc1ccc(C(=O)N(C)CC(=O)Nc2ccc(OC)cc2)cc1. The zero-order chi connectivity index (χ0) is 18.2. The number of rotatable bonds is 7. The lowest BCUT2D eigenvalue weighted by Crippen LogP contribution is -2.34. The number of ether oxygens (including phenoxy) is 2. The number of amides is 2. The van der Waals surface area contributed by atoms with Gasteiger partial charge < -0.3 is 19.7 Å². The first kappa shape index (κ1) is 18.3. The minimum Gasteiger partial charge on any atom is -0.497 e. The fraction of sp³-hybridized carbons (Fsp3) is 0.263. The van der Waals surface area contributed by atoms with E-state index in [1.165, 1.54) is 4.90 Å². The predicted molar refractivity (Wildman–Crippen MR) is 96.2 cm³/mol. The highest BCUT2D eigenvalue weighted by atomic mass is 16.5. The molecule has 0 fully saturated rings. The Bertz CT molecular complexity index is 711. The molecule has 0 aliphatic rings. The van der Waals surface area contributed by atoms with Crippen LogP contribution in [0.2, 0.25) is 0 Å². The van der Waals surface area contributed by atoms with E-state index in [4.69, 9.17) is 9.47 Å². The van der Waals surface area contributed by atoms with Crippen molar-refractivity contribution in [1.82, 2.24) is 4.90 Å². The van der Waals surface area contributed by atoms with Gasteiger partial charge in [-0.05, 0) is 55.5 Å². The normalized spacial score (nSPS) is 10.0. The summed E-state index contributed by atoms with van der Waals surface area (Å²) in [5.74, 6) is 0.916. The van der Waals surface area contributed by atoms with Gasteiger partial charge in [0, 0.05) is 18.3 Å². The molecule has 2 rings (SSSR count). The maximum Gasteiger partial charge on any atom is 0.254 e. The summed E-state index contributed by atoms with van der Waals surface area (Å²) in [5.41, 5.74) is 1.15. The van der Waals surface area contributed by atoms with E-state index in [0.29, 0.717) is 29.4 Å². The molecule has 0 bridgehead atoms. The molecule has 25 heavy (non-hydrogen) atoms. The average Bonchev–Trinajstić information content (AvgIpc) is 2.62. The molecule has 0 unspecified atom stereocenters.